The molecule has 0 aliphatic carbocycles. The van der Waals surface area contributed by atoms with Crippen LogP contribution in [0.3, 0.4) is 0 Å². The summed E-state index contributed by atoms with van der Waals surface area (Å²) in [4.78, 5) is 0. The SMILES string of the molecule is COc1ccc(CBr)cc1OCc1ccc(Cl)c(F)c1. The number of hydrogen-bond acceptors (Lipinski definition) is 2. The minimum atomic E-state index is -0.450. The van der Waals surface area contributed by atoms with Gasteiger partial charge in [0.25, 0.3) is 0 Å². The fraction of sp³-hybridized carbons (Fsp3) is 0.200. The van der Waals surface area contributed by atoms with Crippen molar-refractivity contribution in [3.63, 3.8) is 0 Å². The Hall–Kier alpha value is -1.26. The van der Waals surface area contributed by atoms with Crippen molar-refractivity contribution in [2.45, 2.75) is 11.9 Å². The smallest absolute Gasteiger partial charge is 0.161 e. The first-order valence-electron chi connectivity index (χ1n) is 5.93. The van der Waals surface area contributed by atoms with Crippen LogP contribution in [0.4, 0.5) is 4.39 Å². The molecule has 0 spiro atoms. The molecule has 0 amide bonds. The van der Waals surface area contributed by atoms with Gasteiger partial charge in [0.1, 0.15) is 12.4 Å². The van der Waals surface area contributed by atoms with Crippen molar-refractivity contribution in [2.24, 2.45) is 0 Å². The van der Waals surface area contributed by atoms with E-state index in [1.807, 2.05) is 18.2 Å². The Bertz CT molecular complexity index is 604. The second-order valence-electron chi connectivity index (χ2n) is 4.16. The summed E-state index contributed by atoms with van der Waals surface area (Å²) in [7, 11) is 1.58. The lowest BCUT2D eigenvalue weighted by atomic mass is 10.2. The normalized spacial score (nSPS) is 10.4. The molecule has 0 aliphatic heterocycles. The Balaban J connectivity index is 2.15. The maximum Gasteiger partial charge on any atom is 0.161 e. The maximum absolute atomic E-state index is 13.4. The Morgan fingerprint density at radius 3 is 2.50 bits per heavy atom. The van der Waals surface area contributed by atoms with Crippen LogP contribution < -0.4 is 9.47 Å². The number of methoxy groups -OCH3 is 1. The zero-order chi connectivity index (χ0) is 14.5. The van der Waals surface area contributed by atoms with E-state index < -0.39 is 5.82 Å². The van der Waals surface area contributed by atoms with Crippen molar-refractivity contribution in [3.8, 4) is 11.5 Å². The quantitative estimate of drug-likeness (QED) is 0.702. The highest BCUT2D eigenvalue weighted by Gasteiger charge is 2.07. The van der Waals surface area contributed by atoms with Crippen LogP contribution in [-0.2, 0) is 11.9 Å². The molecular weight excluding hydrogens is 347 g/mol. The third-order valence-electron chi connectivity index (χ3n) is 2.76. The number of ether oxygens (including phenoxy) is 2. The Morgan fingerprint density at radius 2 is 1.85 bits per heavy atom. The summed E-state index contributed by atoms with van der Waals surface area (Å²) in [5, 5.41) is 0.829. The van der Waals surface area contributed by atoms with E-state index in [4.69, 9.17) is 21.1 Å². The molecule has 2 rings (SSSR count). The van der Waals surface area contributed by atoms with Gasteiger partial charge in [-0.15, -0.1) is 0 Å². The van der Waals surface area contributed by atoms with Crippen LogP contribution in [0.5, 0.6) is 11.5 Å². The lowest BCUT2D eigenvalue weighted by Crippen LogP contribution is -1.99. The molecule has 0 fully saturated rings. The van der Waals surface area contributed by atoms with Crippen LogP contribution in [0.25, 0.3) is 0 Å². The average Bonchev–Trinajstić information content (AvgIpc) is 2.48. The minimum absolute atomic E-state index is 0.104. The van der Waals surface area contributed by atoms with Gasteiger partial charge >= 0.3 is 0 Å². The van der Waals surface area contributed by atoms with Gasteiger partial charge in [0.15, 0.2) is 11.5 Å². The predicted molar refractivity (Wildman–Crippen MR) is 81.4 cm³/mol. The highest BCUT2D eigenvalue weighted by Crippen LogP contribution is 2.29. The largest absolute Gasteiger partial charge is 0.493 e. The zero-order valence-electron chi connectivity index (χ0n) is 10.8. The first kappa shape index (κ1) is 15.1. The molecule has 0 radical (unpaired) electrons. The molecular formula is C15H13BrClFO2. The summed E-state index contributed by atoms with van der Waals surface area (Å²) >= 11 is 9.04. The third-order valence-corrected chi connectivity index (χ3v) is 3.71. The van der Waals surface area contributed by atoms with E-state index in [0.717, 1.165) is 10.9 Å². The summed E-state index contributed by atoms with van der Waals surface area (Å²) < 4.78 is 24.3. The summed E-state index contributed by atoms with van der Waals surface area (Å²) in [5.74, 6) is 0.817. The van der Waals surface area contributed by atoms with E-state index in [1.165, 1.54) is 12.1 Å². The van der Waals surface area contributed by atoms with Crippen LogP contribution in [0.15, 0.2) is 36.4 Å². The summed E-state index contributed by atoms with van der Waals surface area (Å²) in [6.07, 6.45) is 0. The first-order chi connectivity index (χ1) is 9.63. The molecule has 20 heavy (non-hydrogen) atoms. The third kappa shape index (κ3) is 3.64. The van der Waals surface area contributed by atoms with E-state index in [2.05, 4.69) is 15.9 Å². The number of halogens is 3. The Morgan fingerprint density at radius 1 is 1.10 bits per heavy atom. The summed E-state index contributed by atoms with van der Waals surface area (Å²) in [6, 6.07) is 10.3. The van der Waals surface area contributed by atoms with Crippen molar-refractivity contribution >= 4 is 27.5 Å². The van der Waals surface area contributed by atoms with Gasteiger partial charge in [0.2, 0.25) is 0 Å². The van der Waals surface area contributed by atoms with Crippen molar-refractivity contribution in [1.82, 2.24) is 0 Å². The Kier molecular flexibility index (Phi) is 5.26. The molecule has 0 bridgehead atoms. The van der Waals surface area contributed by atoms with Crippen LogP contribution in [0.1, 0.15) is 11.1 Å². The van der Waals surface area contributed by atoms with Gasteiger partial charge < -0.3 is 9.47 Å². The average molecular weight is 360 g/mol. The minimum Gasteiger partial charge on any atom is -0.493 e. The second-order valence-corrected chi connectivity index (χ2v) is 5.12. The topological polar surface area (TPSA) is 18.5 Å². The lowest BCUT2D eigenvalue weighted by Gasteiger charge is -2.12. The van der Waals surface area contributed by atoms with Gasteiger partial charge in [-0.3, -0.25) is 0 Å². The molecule has 106 valence electrons. The second kappa shape index (κ2) is 6.95. The van der Waals surface area contributed by atoms with Crippen molar-refractivity contribution in [1.29, 1.82) is 0 Å². The predicted octanol–water partition coefficient (Wildman–Crippen LogP) is 4.96. The van der Waals surface area contributed by atoms with Crippen LogP contribution >= 0.6 is 27.5 Å². The molecule has 0 atom stereocenters. The van der Waals surface area contributed by atoms with Crippen molar-refractivity contribution in [2.75, 3.05) is 7.11 Å². The summed E-state index contributed by atoms with van der Waals surface area (Å²) in [6.45, 7) is 0.246. The standard InChI is InChI=1S/C15H13BrClFO2/c1-19-14-5-3-10(8-16)7-15(14)20-9-11-2-4-12(17)13(18)6-11/h2-7H,8-9H2,1H3. The lowest BCUT2D eigenvalue weighted by molar-refractivity contribution is 0.284. The monoisotopic (exact) mass is 358 g/mol. The molecule has 0 unspecified atom stereocenters. The molecule has 0 saturated carbocycles. The van der Waals surface area contributed by atoms with Gasteiger partial charge in [-0.05, 0) is 35.4 Å². The molecule has 0 saturated heterocycles. The molecule has 0 aromatic heterocycles. The zero-order valence-corrected chi connectivity index (χ0v) is 13.2. The molecule has 0 N–H and O–H groups in total. The maximum atomic E-state index is 13.4. The molecule has 2 nitrogen and oxygen atoms in total. The van der Waals surface area contributed by atoms with Gasteiger partial charge in [-0.25, -0.2) is 4.39 Å². The van der Waals surface area contributed by atoms with E-state index in [-0.39, 0.29) is 11.6 Å². The summed E-state index contributed by atoms with van der Waals surface area (Å²) in [5.41, 5.74) is 1.78. The molecule has 0 heterocycles. The van der Waals surface area contributed by atoms with E-state index in [0.29, 0.717) is 17.1 Å². The van der Waals surface area contributed by atoms with Gasteiger partial charge in [-0.2, -0.15) is 0 Å². The fourth-order valence-electron chi connectivity index (χ4n) is 1.71. The first-order valence-corrected chi connectivity index (χ1v) is 7.43. The van der Waals surface area contributed by atoms with Gasteiger partial charge in [0.05, 0.1) is 12.1 Å². The van der Waals surface area contributed by atoms with Gasteiger partial charge in [-0.1, -0.05) is 39.7 Å². The van der Waals surface area contributed by atoms with E-state index >= 15 is 0 Å². The number of benzene rings is 2. The molecule has 0 aliphatic rings. The molecule has 5 heteroatoms. The highest BCUT2D eigenvalue weighted by molar-refractivity contribution is 9.08. The van der Waals surface area contributed by atoms with E-state index in [1.54, 1.807) is 13.2 Å². The van der Waals surface area contributed by atoms with Crippen LogP contribution in [-0.4, -0.2) is 7.11 Å². The van der Waals surface area contributed by atoms with E-state index in [9.17, 15) is 4.39 Å². The van der Waals surface area contributed by atoms with Crippen molar-refractivity contribution in [3.05, 3.63) is 58.4 Å². The molecule has 2 aromatic rings. The van der Waals surface area contributed by atoms with Gasteiger partial charge in [0, 0.05) is 5.33 Å². The molecule has 2 aromatic carbocycles. The van der Waals surface area contributed by atoms with Crippen LogP contribution in [0.2, 0.25) is 5.02 Å². The number of hydrogen-bond donors (Lipinski definition) is 0. The van der Waals surface area contributed by atoms with Crippen molar-refractivity contribution < 1.29 is 13.9 Å². The number of alkyl halides is 1. The number of rotatable bonds is 5. The van der Waals surface area contributed by atoms with Crippen LogP contribution in [0, 0.1) is 5.82 Å². The highest BCUT2D eigenvalue weighted by atomic mass is 79.9. The fourth-order valence-corrected chi connectivity index (χ4v) is 2.17. The Labute approximate surface area is 130 Å².